The summed E-state index contributed by atoms with van der Waals surface area (Å²) in [5.74, 6) is 0.737. The van der Waals surface area contributed by atoms with E-state index in [1.807, 2.05) is 0 Å². The molecule has 96 valence electrons. The molecule has 1 unspecified atom stereocenters. The van der Waals surface area contributed by atoms with Crippen LogP contribution in [0.5, 0.6) is 0 Å². The average molecular weight is 383 g/mol. The number of rotatable bonds is 5. The Balaban J connectivity index is 1.80. The van der Waals surface area contributed by atoms with Gasteiger partial charge < -0.3 is 10.5 Å². The van der Waals surface area contributed by atoms with Gasteiger partial charge in [-0.25, -0.2) is 0 Å². The summed E-state index contributed by atoms with van der Waals surface area (Å²) in [6.45, 7) is 2.88. The second kappa shape index (κ2) is 6.15. The average Bonchev–Trinajstić information content (AvgIpc) is 2.56. The molecule has 17 heavy (non-hydrogen) atoms. The Morgan fingerprint density at radius 1 is 1.53 bits per heavy atom. The number of hydrogen-bond acceptors (Lipinski definition) is 3. The number of halogens is 2. The number of hydrogen-bond donors (Lipinski definition) is 1. The van der Waals surface area contributed by atoms with Crippen LogP contribution in [0.3, 0.4) is 0 Å². The van der Waals surface area contributed by atoms with Gasteiger partial charge in [-0.05, 0) is 70.0 Å². The summed E-state index contributed by atoms with van der Waals surface area (Å²) in [6.07, 6.45) is 3.91. The normalized spacial score (nSPS) is 25.6. The SMILES string of the molecule is CCOC1CC(CC(N)c2cc(Br)c(Br)s2)C1. The van der Waals surface area contributed by atoms with E-state index in [0.717, 1.165) is 27.2 Å². The van der Waals surface area contributed by atoms with Gasteiger partial charge in [0.1, 0.15) is 0 Å². The molecular formula is C12H17Br2NOS. The molecule has 0 bridgehead atoms. The Labute approximate surface area is 123 Å². The maximum Gasteiger partial charge on any atom is 0.0843 e. The van der Waals surface area contributed by atoms with E-state index in [0.29, 0.717) is 6.10 Å². The second-order valence-electron chi connectivity index (χ2n) is 4.53. The van der Waals surface area contributed by atoms with E-state index in [9.17, 15) is 0 Å². The Morgan fingerprint density at radius 3 is 2.76 bits per heavy atom. The van der Waals surface area contributed by atoms with Gasteiger partial charge >= 0.3 is 0 Å². The molecule has 0 radical (unpaired) electrons. The fourth-order valence-corrected chi connectivity index (χ4v) is 4.36. The summed E-state index contributed by atoms with van der Waals surface area (Å²) in [4.78, 5) is 1.25. The Hall–Kier alpha value is 0.580. The summed E-state index contributed by atoms with van der Waals surface area (Å²) in [7, 11) is 0. The monoisotopic (exact) mass is 381 g/mol. The minimum absolute atomic E-state index is 0.162. The van der Waals surface area contributed by atoms with Crippen molar-refractivity contribution < 1.29 is 4.74 Å². The first kappa shape index (κ1) is 14.0. The van der Waals surface area contributed by atoms with E-state index >= 15 is 0 Å². The van der Waals surface area contributed by atoms with Gasteiger partial charge in [0.05, 0.1) is 9.89 Å². The van der Waals surface area contributed by atoms with Crippen LogP contribution in [0.15, 0.2) is 14.3 Å². The molecule has 1 atom stereocenters. The molecule has 0 aromatic carbocycles. The molecule has 1 aromatic heterocycles. The van der Waals surface area contributed by atoms with Crippen molar-refractivity contribution in [2.24, 2.45) is 11.7 Å². The minimum atomic E-state index is 0.162. The predicted octanol–water partition coefficient (Wildman–Crippen LogP) is 4.48. The van der Waals surface area contributed by atoms with Crippen LogP contribution in [0.1, 0.15) is 37.1 Å². The molecule has 1 aliphatic rings. The molecule has 2 N–H and O–H groups in total. The van der Waals surface area contributed by atoms with E-state index < -0.39 is 0 Å². The smallest absolute Gasteiger partial charge is 0.0843 e. The van der Waals surface area contributed by atoms with Crippen molar-refractivity contribution in [3.05, 3.63) is 19.2 Å². The van der Waals surface area contributed by atoms with Crippen LogP contribution < -0.4 is 5.73 Å². The molecule has 0 spiro atoms. The zero-order valence-corrected chi connectivity index (χ0v) is 13.8. The third-order valence-electron chi connectivity index (χ3n) is 3.21. The van der Waals surface area contributed by atoms with Gasteiger partial charge in [0.2, 0.25) is 0 Å². The largest absolute Gasteiger partial charge is 0.378 e. The number of thiophene rings is 1. The minimum Gasteiger partial charge on any atom is -0.378 e. The summed E-state index contributed by atoms with van der Waals surface area (Å²) in [5.41, 5.74) is 6.23. The lowest BCUT2D eigenvalue weighted by atomic mass is 9.78. The third kappa shape index (κ3) is 3.53. The maximum atomic E-state index is 6.23. The van der Waals surface area contributed by atoms with Gasteiger partial charge in [0.25, 0.3) is 0 Å². The Kier molecular flexibility index (Phi) is 5.06. The maximum absolute atomic E-state index is 6.23. The topological polar surface area (TPSA) is 35.2 Å². The molecular weight excluding hydrogens is 366 g/mol. The molecule has 0 amide bonds. The van der Waals surface area contributed by atoms with Crippen LogP contribution in [0.25, 0.3) is 0 Å². The fraction of sp³-hybridized carbons (Fsp3) is 0.667. The molecule has 2 nitrogen and oxygen atoms in total. The molecule has 1 heterocycles. The van der Waals surface area contributed by atoms with E-state index in [4.69, 9.17) is 10.5 Å². The lowest BCUT2D eigenvalue weighted by Crippen LogP contribution is -2.33. The zero-order valence-electron chi connectivity index (χ0n) is 9.79. The molecule has 1 aromatic rings. The first-order valence-corrected chi connectivity index (χ1v) is 8.32. The highest BCUT2D eigenvalue weighted by atomic mass is 79.9. The van der Waals surface area contributed by atoms with Gasteiger partial charge in [0.15, 0.2) is 0 Å². The molecule has 5 heteroatoms. The van der Waals surface area contributed by atoms with Crippen molar-refractivity contribution in [2.75, 3.05) is 6.61 Å². The summed E-state index contributed by atoms with van der Waals surface area (Å²) in [6, 6.07) is 2.29. The zero-order chi connectivity index (χ0) is 12.4. The number of ether oxygens (including phenoxy) is 1. The highest BCUT2D eigenvalue weighted by Gasteiger charge is 2.31. The first-order chi connectivity index (χ1) is 8.10. The molecule has 2 rings (SSSR count). The van der Waals surface area contributed by atoms with E-state index in [-0.39, 0.29) is 6.04 Å². The van der Waals surface area contributed by atoms with Crippen molar-refractivity contribution in [2.45, 2.75) is 38.3 Å². The lowest BCUT2D eigenvalue weighted by Gasteiger charge is -2.36. The standard InChI is InChI=1S/C12H17Br2NOS/c1-2-16-8-3-7(4-8)5-10(15)11-6-9(13)12(14)17-11/h6-8,10H,2-5,15H2,1H3. The van der Waals surface area contributed by atoms with Gasteiger partial charge in [0, 0.05) is 22.0 Å². The van der Waals surface area contributed by atoms with Crippen LogP contribution in [-0.2, 0) is 4.74 Å². The van der Waals surface area contributed by atoms with Gasteiger partial charge in [-0.15, -0.1) is 11.3 Å². The molecule has 1 saturated carbocycles. The summed E-state index contributed by atoms with van der Waals surface area (Å²) < 4.78 is 7.80. The van der Waals surface area contributed by atoms with Crippen molar-refractivity contribution in [1.82, 2.24) is 0 Å². The molecule has 0 saturated heterocycles. The Bertz CT molecular complexity index is 357. The summed E-state index contributed by atoms with van der Waals surface area (Å²) >= 11 is 8.73. The van der Waals surface area contributed by atoms with E-state index in [2.05, 4.69) is 44.8 Å². The van der Waals surface area contributed by atoms with Crippen molar-refractivity contribution >= 4 is 43.2 Å². The highest BCUT2D eigenvalue weighted by Crippen LogP contribution is 2.40. The van der Waals surface area contributed by atoms with Gasteiger partial charge in [-0.3, -0.25) is 0 Å². The molecule has 1 aliphatic carbocycles. The van der Waals surface area contributed by atoms with Crippen LogP contribution in [0.4, 0.5) is 0 Å². The van der Waals surface area contributed by atoms with Crippen molar-refractivity contribution in [1.29, 1.82) is 0 Å². The lowest BCUT2D eigenvalue weighted by molar-refractivity contribution is -0.0281. The first-order valence-electron chi connectivity index (χ1n) is 5.92. The van der Waals surface area contributed by atoms with Crippen molar-refractivity contribution in [3.8, 4) is 0 Å². The fourth-order valence-electron chi connectivity index (χ4n) is 2.26. The second-order valence-corrected chi connectivity index (χ2v) is 7.78. The molecule has 1 fully saturated rings. The predicted molar refractivity (Wildman–Crippen MR) is 79.4 cm³/mol. The van der Waals surface area contributed by atoms with Crippen LogP contribution in [0.2, 0.25) is 0 Å². The van der Waals surface area contributed by atoms with Crippen molar-refractivity contribution in [3.63, 3.8) is 0 Å². The Morgan fingerprint density at radius 2 is 2.24 bits per heavy atom. The van der Waals surface area contributed by atoms with Gasteiger partial charge in [-0.2, -0.15) is 0 Å². The van der Waals surface area contributed by atoms with Gasteiger partial charge in [-0.1, -0.05) is 0 Å². The quantitative estimate of drug-likeness (QED) is 0.814. The third-order valence-corrected chi connectivity index (χ3v) is 6.60. The summed E-state index contributed by atoms with van der Waals surface area (Å²) in [5, 5.41) is 0. The van der Waals surface area contributed by atoms with E-state index in [1.165, 1.54) is 17.7 Å². The number of nitrogens with two attached hydrogens (primary N) is 1. The molecule has 0 aliphatic heterocycles. The van der Waals surface area contributed by atoms with E-state index in [1.54, 1.807) is 11.3 Å². The highest BCUT2D eigenvalue weighted by molar-refractivity contribution is 9.13. The van der Waals surface area contributed by atoms with Crippen LogP contribution in [0, 0.1) is 5.92 Å². The van der Waals surface area contributed by atoms with Crippen LogP contribution >= 0.6 is 43.2 Å². The van der Waals surface area contributed by atoms with Crippen LogP contribution in [-0.4, -0.2) is 12.7 Å².